The predicted octanol–water partition coefficient (Wildman–Crippen LogP) is 1.12. The molecule has 1 saturated heterocycles. The highest BCUT2D eigenvalue weighted by atomic mass is 15.1. The highest BCUT2D eigenvalue weighted by Crippen LogP contribution is 2.10. The molecular formula is C9H20N2. The molecule has 11 heavy (non-hydrogen) atoms. The largest absolute Gasteiger partial charge is 0.313 e. The zero-order valence-corrected chi connectivity index (χ0v) is 8.07. The predicted molar refractivity (Wildman–Crippen MR) is 48.8 cm³/mol. The Morgan fingerprint density at radius 2 is 2.00 bits per heavy atom. The molecule has 0 bridgehead atoms. The second-order valence-corrected chi connectivity index (χ2v) is 4.53. The minimum atomic E-state index is 0.255. The van der Waals surface area contributed by atoms with Crippen LogP contribution in [0.2, 0.25) is 0 Å². The third-order valence-electron chi connectivity index (χ3n) is 2.14. The van der Waals surface area contributed by atoms with E-state index in [2.05, 4.69) is 38.3 Å². The fourth-order valence-corrected chi connectivity index (χ4v) is 1.61. The Morgan fingerprint density at radius 1 is 1.36 bits per heavy atom. The van der Waals surface area contributed by atoms with Gasteiger partial charge >= 0.3 is 0 Å². The van der Waals surface area contributed by atoms with Gasteiger partial charge in [0.2, 0.25) is 0 Å². The van der Waals surface area contributed by atoms with Gasteiger partial charge in [-0.15, -0.1) is 0 Å². The van der Waals surface area contributed by atoms with Crippen LogP contribution in [0.5, 0.6) is 0 Å². The maximum Gasteiger partial charge on any atom is 0.0235 e. The maximum atomic E-state index is 3.61. The monoisotopic (exact) mass is 156 g/mol. The quantitative estimate of drug-likeness (QED) is 0.594. The molecule has 1 heterocycles. The molecule has 2 atom stereocenters. The van der Waals surface area contributed by atoms with Crippen molar-refractivity contribution in [1.82, 2.24) is 10.6 Å². The van der Waals surface area contributed by atoms with Crippen LogP contribution in [0.4, 0.5) is 0 Å². The smallest absolute Gasteiger partial charge is 0.0235 e. The molecule has 0 aromatic heterocycles. The lowest BCUT2D eigenvalue weighted by Gasteiger charge is -2.27. The first-order valence-electron chi connectivity index (χ1n) is 4.50. The lowest BCUT2D eigenvalue weighted by molar-refractivity contribution is 0.343. The average Bonchev–Trinajstić information content (AvgIpc) is 2.12. The molecule has 2 nitrogen and oxygen atoms in total. The van der Waals surface area contributed by atoms with Crippen LogP contribution < -0.4 is 10.6 Å². The van der Waals surface area contributed by atoms with Gasteiger partial charge in [0, 0.05) is 17.6 Å². The van der Waals surface area contributed by atoms with Gasteiger partial charge in [0.05, 0.1) is 0 Å². The summed E-state index contributed by atoms with van der Waals surface area (Å²) in [5.41, 5.74) is 0.255. The highest BCUT2D eigenvalue weighted by Gasteiger charge is 2.25. The van der Waals surface area contributed by atoms with Gasteiger partial charge in [0.25, 0.3) is 0 Å². The van der Waals surface area contributed by atoms with Gasteiger partial charge in [-0.25, -0.2) is 0 Å². The van der Waals surface area contributed by atoms with Crippen LogP contribution in [0.15, 0.2) is 0 Å². The van der Waals surface area contributed by atoms with Gasteiger partial charge in [0.15, 0.2) is 0 Å². The Balaban J connectivity index is 2.37. The van der Waals surface area contributed by atoms with Crippen LogP contribution >= 0.6 is 0 Å². The summed E-state index contributed by atoms with van der Waals surface area (Å²) in [6.45, 7) is 10.1. The standard InChI is InChI=1S/C9H20N2/c1-7-8(5-6-10-7)11-9(2,3)4/h7-8,10-11H,5-6H2,1-4H3. The van der Waals surface area contributed by atoms with Crippen LogP contribution in [-0.2, 0) is 0 Å². The van der Waals surface area contributed by atoms with Crippen LogP contribution in [0.3, 0.4) is 0 Å². The summed E-state index contributed by atoms with van der Waals surface area (Å²) in [5, 5.41) is 7.03. The van der Waals surface area contributed by atoms with Crippen LogP contribution in [0, 0.1) is 0 Å². The van der Waals surface area contributed by atoms with Crippen LogP contribution in [0.1, 0.15) is 34.1 Å². The van der Waals surface area contributed by atoms with E-state index < -0.39 is 0 Å². The second kappa shape index (κ2) is 3.11. The Morgan fingerprint density at radius 3 is 2.36 bits per heavy atom. The second-order valence-electron chi connectivity index (χ2n) is 4.53. The molecule has 1 aliphatic rings. The summed E-state index contributed by atoms with van der Waals surface area (Å²) in [6.07, 6.45) is 1.26. The minimum Gasteiger partial charge on any atom is -0.313 e. The topological polar surface area (TPSA) is 24.1 Å². The maximum absolute atomic E-state index is 3.61. The van der Waals surface area contributed by atoms with Gasteiger partial charge in [-0.2, -0.15) is 0 Å². The first-order chi connectivity index (χ1) is 4.99. The molecule has 0 saturated carbocycles. The zero-order valence-electron chi connectivity index (χ0n) is 8.07. The summed E-state index contributed by atoms with van der Waals surface area (Å²) < 4.78 is 0. The van der Waals surface area contributed by atoms with Crippen molar-refractivity contribution in [3.8, 4) is 0 Å². The fourth-order valence-electron chi connectivity index (χ4n) is 1.61. The van der Waals surface area contributed by atoms with Gasteiger partial charge < -0.3 is 10.6 Å². The minimum absolute atomic E-state index is 0.255. The normalized spacial score (nSPS) is 32.7. The molecule has 1 aliphatic heterocycles. The number of nitrogens with one attached hydrogen (secondary N) is 2. The van der Waals surface area contributed by atoms with Crippen LogP contribution in [-0.4, -0.2) is 24.2 Å². The first kappa shape index (κ1) is 9.01. The zero-order chi connectivity index (χ0) is 8.48. The Bertz CT molecular complexity index is 126. The van der Waals surface area contributed by atoms with E-state index in [0.29, 0.717) is 12.1 Å². The van der Waals surface area contributed by atoms with Crippen molar-refractivity contribution in [2.75, 3.05) is 6.54 Å². The number of hydrogen-bond acceptors (Lipinski definition) is 2. The third-order valence-corrected chi connectivity index (χ3v) is 2.14. The fraction of sp³-hybridized carbons (Fsp3) is 1.00. The molecule has 66 valence electrons. The van der Waals surface area contributed by atoms with E-state index >= 15 is 0 Å². The lowest BCUT2D eigenvalue weighted by atomic mass is 10.0. The van der Waals surface area contributed by atoms with Crippen molar-refractivity contribution < 1.29 is 0 Å². The van der Waals surface area contributed by atoms with Crippen molar-refractivity contribution >= 4 is 0 Å². The van der Waals surface area contributed by atoms with Gasteiger partial charge in [0.1, 0.15) is 0 Å². The van der Waals surface area contributed by atoms with Crippen molar-refractivity contribution in [1.29, 1.82) is 0 Å². The molecule has 2 N–H and O–H groups in total. The summed E-state index contributed by atoms with van der Waals surface area (Å²) in [6, 6.07) is 1.30. The van der Waals surface area contributed by atoms with Crippen LogP contribution in [0.25, 0.3) is 0 Å². The molecule has 2 heteroatoms. The molecule has 1 fully saturated rings. The molecule has 0 spiro atoms. The SMILES string of the molecule is CC1NCCC1NC(C)(C)C. The van der Waals surface area contributed by atoms with Crippen molar-refractivity contribution in [3.63, 3.8) is 0 Å². The van der Waals surface area contributed by atoms with E-state index in [1.54, 1.807) is 0 Å². The average molecular weight is 156 g/mol. The number of rotatable bonds is 1. The lowest BCUT2D eigenvalue weighted by Crippen LogP contribution is -2.48. The third kappa shape index (κ3) is 2.80. The molecule has 0 radical (unpaired) electrons. The van der Waals surface area contributed by atoms with Gasteiger partial charge in [-0.05, 0) is 40.7 Å². The Hall–Kier alpha value is -0.0800. The van der Waals surface area contributed by atoms with E-state index in [-0.39, 0.29) is 5.54 Å². The van der Waals surface area contributed by atoms with E-state index in [1.165, 1.54) is 6.42 Å². The Kier molecular flexibility index (Phi) is 2.55. The Labute approximate surface area is 69.8 Å². The first-order valence-corrected chi connectivity index (χ1v) is 4.50. The number of hydrogen-bond donors (Lipinski definition) is 2. The van der Waals surface area contributed by atoms with E-state index in [4.69, 9.17) is 0 Å². The summed E-state index contributed by atoms with van der Waals surface area (Å²) in [7, 11) is 0. The molecule has 1 rings (SSSR count). The molecule has 0 aromatic rings. The molecule has 0 aliphatic carbocycles. The van der Waals surface area contributed by atoms with Crippen molar-refractivity contribution in [3.05, 3.63) is 0 Å². The van der Waals surface area contributed by atoms with Crippen molar-refractivity contribution in [2.24, 2.45) is 0 Å². The molecule has 0 amide bonds. The van der Waals surface area contributed by atoms with Gasteiger partial charge in [-0.3, -0.25) is 0 Å². The van der Waals surface area contributed by atoms with E-state index in [9.17, 15) is 0 Å². The summed E-state index contributed by atoms with van der Waals surface area (Å²) in [5.74, 6) is 0. The van der Waals surface area contributed by atoms with Crippen molar-refractivity contribution in [2.45, 2.75) is 51.7 Å². The summed E-state index contributed by atoms with van der Waals surface area (Å²) in [4.78, 5) is 0. The van der Waals surface area contributed by atoms with Gasteiger partial charge in [-0.1, -0.05) is 0 Å². The molecule has 0 aromatic carbocycles. The highest BCUT2D eigenvalue weighted by molar-refractivity contribution is 4.89. The van der Waals surface area contributed by atoms with E-state index in [0.717, 1.165) is 6.54 Å². The summed E-state index contributed by atoms with van der Waals surface area (Å²) >= 11 is 0. The van der Waals surface area contributed by atoms with E-state index in [1.807, 2.05) is 0 Å². The molecule has 2 unspecified atom stereocenters. The molecular weight excluding hydrogens is 136 g/mol.